The first-order valence-electron chi connectivity index (χ1n) is 7.15. The molecule has 1 aliphatic carbocycles. The minimum absolute atomic E-state index is 0.0144. The van der Waals surface area contributed by atoms with E-state index in [1.807, 2.05) is 0 Å². The lowest BCUT2D eigenvalue weighted by Gasteiger charge is -2.25. The van der Waals surface area contributed by atoms with Crippen molar-refractivity contribution in [2.75, 3.05) is 13.1 Å². The number of benzene rings is 1. The molecular weight excluding hydrogens is 281 g/mol. The van der Waals surface area contributed by atoms with Gasteiger partial charge in [-0.25, -0.2) is 0 Å². The minimum Gasteiger partial charge on any atom is -0.322 e. The standard InChI is InChI=1S/C15H17F3N2O/c16-15(17,18)12-5-3-11(4-6-12)14-19-9-13(21)20(14)8-7-10-1-2-10/h3-6,10,14,19H,1-2,7-9H2. The molecule has 1 atom stereocenters. The molecule has 1 aromatic carbocycles. The van der Waals surface area contributed by atoms with Crippen LogP contribution in [0.15, 0.2) is 24.3 Å². The quantitative estimate of drug-likeness (QED) is 0.927. The zero-order chi connectivity index (χ0) is 15.0. The Kier molecular flexibility index (Phi) is 3.65. The van der Waals surface area contributed by atoms with Crippen molar-refractivity contribution < 1.29 is 18.0 Å². The molecule has 114 valence electrons. The summed E-state index contributed by atoms with van der Waals surface area (Å²) in [5.41, 5.74) is 0.0322. The van der Waals surface area contributed by atoms with E-state index in [0.29, 0.717) is 18.0 Å². The maximum absolute atomic E-state index is 12.6. The zero-order valence-electron chi connectivity index (χ0n) is 11.5. The lowest BCUT2D eigenvalue weighted by molar-refractivity contribution is -0.137. The third-order valence-corrected chi connectivity index (χ3v) is 4.11. The van der Waals surface area contributed by atoms with Crippen LogP contribution in [0.2, 0.25) is 0 Å². The van der Waals surface area contributed by atoms with E-state index in [1.54, 1.807) is 4.90 Å². The molecule has 1 amide bonds. The van der Waals surface area contributed by atoms with Gasteiger partial charge in [-0.05, 0) is 30.0 Å². The predicted molar refractivity (Wildman–Crippen MR) is 71.2 cm³/mol. The van der Waals surface area contributed by atoms with E-state index in [1.165, 1.54) is 25.0 Å². The molecule has 3 rings (SSSR count). The number of rotatable bonds is 4. The second-order valence-electron chi connectivity index (χ2n) is 5.72. The normalized spacial score (nSPS) is 22.9. The molecular formula is C15H17F3N2O. The van der Waals surface area contributed by atoms with Crippen LogP contribution in [-0.2, 0) is 11.0 Å². The van der Waals surface area contributed by atoms with E-state index in [2.05, 4.69) is 5.32 Å². The first-order valence-corrected chi connectivity index (χ1v) is 7.15. The van der Waals surface area contributed by atoms with Gasteiger partial charge >= 0.3 is 6.18 Å². The van der Waals surface area contributed by atoms with Gasteiger partial charge in [0.2, 0.25) is 5.91 Å². The van der Waals surface area contributed by atoms with Crippen molar-refractivity contribution in [1.82, 2.24) is 10.2 Å². The smallest absolute Gasteiger partial charge is 0.322 e. The number of alkyl halides is 3. The topological polar surface area (TPSA) is 32.3 Å². The number of nitrogens with zero attached hydrogens (tertiary/aromatic N) is 1. The number of hydrogen-bond donors (Lipinski definition) is 1. The lowest BCUT2D eigenvalue weighted by Crippen LogP contribution is -2.31. The van der Waals surface area contributed by atoms with Gasteiger partial charge in [0.25, 0.3) is 0 Å². The molecule has 6 heteroatoms. The highest BCUT2D eigenvalue weighted by molar-refractivity contribution is 5.80. The fourth-order valence-electron chi connectivity index (χ4n) is 2.67. The molecule has 1 N–H and O–H groups in total. The molecule has 0 bridgehead atoms. The first kappa shape index (κ1) is 14.4. The van der Waals surface area contributed by atoms with E-state index in [9.17, 15) is 18.0 Å². The van der Waals surface area contributed by atoms with Crippen LogP contribution in [0.3, 0.4) is 0 Å². The summed E-state index contributed by atoms with van der Waals surface area (Å²) in [6, 6.07) is 5.03. The Morgan fingerprint density at radius 1 is 1.19 bits per heavy atom. The van der Waals surface area contributed by atoms with E-state index in [0.717, 1.165) is 18.6 Å². The Morgan fingerprint density at radius 2 is 1.86 bits per heavy atom. The molecule has 0 radical (unpaired) electrons. The van der Waals surface area contributed by atoms with E-state index >= 15 is 0 Å². The molecule has 1 heterocycles. The number of halogens is 3. The molecule has 21 heavy (non-hydrogen) atoms. The average molecular weight is 298 g/mol. The van der Waals surface area contributed by atoms with Crippen molar-refractivity contribution in [1.29, 1.82) is 0 Å². The predicted octanol–water partition coefficient (Wildman–Crippen LogP) is 2.94. The number of carbonyl (C=O) groups is 1. The summed E-state index contributed by atoms with van der Waals surface area (Å²) >= 11 is 0. The third kappa shape index (κ3) is 3.20. The van der Waals surface area contributed by atoms with E-state index in [4.69, 9.17) is 0 Å². The maximum Gasteiger partial charge on any atom is 0.416 e. The summed E-state index contributed by atoms with van der Waals surface area (Å²) in [7, 11) is 0. The summed E-state index contributed by atoms with van der Waals surface area (Å²) in [6.45, 7) is 0.915. The molecule has 3 nitrogen and oxygen atoms in total. The van der Waals surface area contributed by atoms with Gasteiger partial charge in [0, 0.05) is 6.54 Å². The summed E-state index contributed by atoms with van der Waals surface area (Å²) in [4.78, 5) is 13.6. The highest BCUT2D eigenvalue weighted by Crippen LogP contribution is 2.34. The highest BCUT2D eigenvalue weighted by atomic mass is 19.4. The van der Waals surface area contributed by atoms with Crippen LogP contribution in [0.25, 0.3) is 0 Å². The number of hydrogen-bond acceptors (Lipinski definition) is 2. The Bertz CT molecular complexity index is 523. The van der Waals surface area contributed by atoms with Gasteiger partial charge in [0.05, 0.1) is 12.1 Å². The summed E-state index contributed by atoms with van der Waals surface area (Å²) in [5, 5.41) is 3.07. The molecule has 1 saturated carbocycles. The number of amides is 1. The van der Waals surface area contributed by atoms with Crippen molar-refractivity contribution in [3.8, 4) is 0 Å². The van der Waals surface area contributed by atoms with Gasteiger partial charge < -0.3 is 4.90 Å². The largest absolute Gasteiger partial charge is 0.416 e. The van der Waals surface area contributed by atoms with Gasteiger partial charge in [-0.3, -0.25) is 10.1 Å². The summed E-state index contributed by atoms with van der Waals surface area (Å²) in [6.07, 6.45) is -1.22. The SMILES string of the molecule is O=C1CNC(c2ccc(C(F)(F)F)cc2)N1CCC1CC1. The Labute approximate surface area is 121 Å². The molecule has 2 fully saturated rings. The molecule has 0 spiro atoms. The van der Waals surface area contributed by atoms with Crippen LogP contribution in [-0.4, -0.2) is 23.9 Å². The molecule has 2 aliphatic rings. The van der Waals surface area contributed by atoms with Crippen LogP contribution in [0.1, 0.15) is 36.6 Å². The van der Waals surface area contributed by atoms with Crippen LogP contribution in [0.5, 0.6) is 0 Å². The van der Waals surface area contributed by atoms with Crippen LogP contribution in [0, 0.1) is 5.92 Å². The van der Waals surface area contributed by atoms with Crippen molar-refractivity contribution in [2.24, 2.45) is 5.92 Å². The van der Waals surface area contributed by atoms with E-state index < -0.39 is 11.7 Å². The maximum atomic E-state index is 12.6. The van der Waals surface area contributed by atoms with Crippen LogP contribution >= 0.6 is 0 Å². The molecule has 1 aliphatic heterocycles. The van der Waals surface area contributed by atoms with Crippen LogP contribution < -0.4 is 5.32 Å². The van der Waals surface area contributed by atoms with E-state index in [-0.39, 0.29) is 18.6 Å². The van der Waals surface area contributed by atoms with Crippen molar-refractivity contribution in [3.63, 3.8) is 0 Å². The number of carbonyl (C=O) groups excluding carboxylic acids is 1. The Hall–Kier alpha value is -1.56. The number of nitrogens with one attached hydrogen (secondary N) is 1. The fourth-order valence-corrected chi connectivity index (χ4v) is 2.67. The lowest BCUT2D eigenvalue weighted by atomic mass is 10.1. The highest BCUT2D eigenvalue weighted by Gasteiger charge is 2.34. The van der Waals surface area contributed by atoms with Gasteiger partial charge in [0.15, 0.2) is 0 Å². The van der Waals surface area contributed by atoms with Crippen molar-refractivity contribution in [3.05, 3.63) is 35.4 Å². The van der Waals surface area contributed by atoms with Gasteiger partial charge in [-0.2, -0.15) is 13.2 Å². The van der Waals surface area contributed by atoms with Crippen LogP contribution in [0.4, 0.5) is 13.2 Å². The Morgan fingerprint density at radius 3 is 2.43 bits per heavy atom. The monoisotopic (exact) mass is 298 g/mol. The van der Waals surface area contributed by atoms with Crippen molar-refractivity contribution >= 4 is 5.91 Å². The first-order chi connectivity index (χ1) is 9.95. The zero-order valence-corrected chi connectivity index (χ0v) is 11.5. The second kappa shape index (κ2) is 5.33. The molecule has 1 aromatic rings. The average Bonchev–Trinajstić information content (AvgIpc) is 3.19. The summed E-state index contributed by atoms with van der Waals surface area (Å²) in [5.74, 6) is 0.729. The van der Waals surface area contributed by atoms with Gasteiger partial charge in [0.1, 0.15) is 6.17 Å². The van der Waals surface area contributed by atoms with Crippen molar-refractivity contribution in [2.45, 2.75) is 31.6 Å². The molecule has 1 saturated heterocycles. The minimum atomic E-state index is -4.33. The van der Waals surface area contributed by atoms with Gasteiger partial charge in [-0.1, -0.05) is 25.0 Å². The Balaban J connectivity index is 1.72. The molecule has 0 aromatic heterocycles. The van der Waals surface area contributed by atoms with Gasteiger partial charge in [-0.15, -0.1) is 0 Å². The summed E-state index contributed by atoms with van der Waals surface area (Å²) < 4.78 is 37.7. The fraction of sp³-hybridized carbons (Fsp3) is 0.533. The third-order valence-electron chi connectivity index (χ3n) is 4.11. The molecule has 1 unspecified atom stereocenters. The second-order valence-corrected chi connectivity index (χ2v) is 5.72.